The molecule has 0 amide bonds. The maximum atomic E-state index is 12.8. The van der Waals surface area contributed by atoms with Crippen molar-refractivity contribution in [3.05, 3.63) is 114 Å². The first-order valence-corrected chi connectivity index (χ1v) is 13.0. The molecule has 40 heavy (non-hydrogen) atoms. The summed E-state index contributed by atoms with van der Waals surface area (Å²) in [6.07, 6.45) is 9.25. The maximum absolute atomic E-state index is 12.8. The number of fused-ring (bicyclic) bond motifs is 1. The Labute approximate surface area is 232 Å². The monoisotopic (exact) mass is 530 g/mol. The summed E-state index contributed by atoms with van der Waals surface area (Å²) in [6, 6.07) is 20.9. The molecule has 0 bridgehead atoms. The largest absolute Gasteiger partial charge is 0.346 e. The van der Waals surface area contributed by atoms with E-state index >= 15 is 0 Å². The number of H-pyrrole nitrogens is 1. The van der Waals surface area contributed by atoms with Crippen LogP contribution < -0.4 is 5.32 Å². The van der Waals surface area contributed by atoms with Gasteiger partial charge in [-0.25, -0.2) is 15.0 Å². The lowest BCUT2D eigenvalue weighted by molar-refractivity contribution is -0.114. The summed E-state index contributed by atoms with van der Waals surface area (Å²) in [5.41, 5.74) is 5.80. The van der Waals surface area contributed by atoms with E-state index in [4.69, 9.17) is 0 Å². The van der Waals surface area contributed by atoms with Gasteiger partial charge < -0.3 is 15.2 Å². The second-order valence-electron chi connectivity index (χ2n) is 9.85. The molecule has 0 aliphatic rings. The van der Waals surface area contributed by atoms with Crippen LogP contribution >= 0.6 is 0 Å². The van der Waals surface area contributed by atoms with E-state index in [1.54, 1.807) is 24.4 Å². The van der Waals surface area contributed by atoms with Gasteiger partial charge in [0.2, 0.25) is 0 Å². The minimum absolute atomic E-state index is 0.0258. The molecule has 2 N–H and O–H groups in total. The first kappa shape index (κ1) is 26.6. The maximum Gasteiger partial charge on any atom is 0.167 e. The number of nitrogens with zero attached hydrogens (tertiary/aromatic N) is 4. The minimum Gasteiger partial charge on any atom is -0.346 e. The molecule has 0 aliphatic heterocycles. The Morgan fingerprint density at radius 3 is 2.42 bits per heavy atom. The summed E-state index contributed by atoms with van der Waals surface area (Å²) in [7, 11) is 3.91. The summed E-state index contributed by atoms with van der Waals surface area (Å²) < 4.78 is 0. The Bertz CT molecular complexity index is 1650. The van der Waals surface area contributed by atoms with Gasteiger partial charge in [0, 0.05) is 60.0 Å². The molecule has 0 unspecified atom stereocenters. The average molecular weight is 531 g/mol. The standard InChI is InChI=1S/C32H30N6O2/c1-38(2)15-3-4-28(39)16-22-5-9-24(10-6-22)30(40)17-23-7-11-27(12-8-23)37-31-19-29(35-21-36-31)26-18-25-13-14-33-32(25)34-20-26/h3-14,18-21H,15-17H2,1-2H3,(H,33,34)(H,35,36,37)/b4-3+. The van der Waals surface area contributed by atoms with Crippen molar-refractivity contribution in [1.29, 1.82) is 0 Å². The van der Waals surface area contributed by atoms with Crippen LogP contribution in [0, 0.1) is 0 Å². The Morgan fingerprint density at radius 2 is 1.65 bits per heavy atom. The fourth-order valence-corrected chi connectivity index (χ4v) is 4.27. The molecular formula is C32H30N6O2. The summed E-state index contributed by atoms with van der Waals surface area (Å²) in [5.74, 6) is 0.732. The molecule has 0 atom stereocenters. The normalized spacial score (nSPS) is 11.4. The zero-order valence-electron chi connectivity index (χ0n) is 22.5. The highest BCUT2D eigenvalue weighted by molar-refractivity contribution is 5.98. The predicted octanol–water partition coefficient (Wildman–Crippen LogP) is 5.42. The zero-order valence-corrected chi connectivity index (χ0v) is 22.5. The SMILES string of the molecule is CN(C)C/C=C/C(=O)Cc1ccc(C(=O)Cc2ccc(Nc3cc(-c4cnc5[nH]ccc5c4)ncn3)cc2)cc1. The summed E-state index contributed by atoms with van der Waals surface area (Å²) in [6.45, 7) is 0.724. The van der Waals surface area contributed by atoms with E-state index < -0.39 is 0 Å². The molecular weight excluding hydrogens is 500 g/mol. The number of Topliss-reactive ketones (excluding diaryl/α,β-unsaturated/α-hetero) is 1. The third-order valence-corrected chi connectivity index (χ3v) is 6.38. The van der Waals surface area contributed by atoms with Crippen LogP contribution in [0.3, 0.4) is 0 Å². The first-order chi connectivity index (χ1) is 19.4. The topological polar surface area (TPSA) is 104 Å². The number of likely N-dealkylation sites (N-methyl/N-ethyl adjacent to an activating group) is 1. The van der Waals surface area contributed by atoms with Crippen molar-refractivity contribution in [3.63, 3.8) is 0 Å². The molecule has 3 heterocycles. The quantitative estimate of drug-likeness (QED) is 0.174. The van der Waals surface area contributed by atoms with Crippen molar-refractivity contribution in [2.24, 2.45) is 0 Å². The molecule has 8 nitrogen and oxygen atoms in total. The summed E-state index contributed by atoms with van der Waals surface area (Å²) >= 11 is 0. The highest BCUT2D eigenvalue weighted by Crippen LogP contribution is 2.23. The van der Waals surface area contributed by atoms with Gasteiger partial charge in [0.1, 0.15) is 17.8 Å². The highest BCUT2D eigenvalue weighted by atomic mass is 16.1. The van der Waals surface area contributed by atoms with Crippen molar-refractivity contribution in [2.75, 3.05) is 26.0 Å². The van der Waals surface area contributed by atoms with Crippen LogP contribution in [0.25, 0.3) is 22.3 Å². The molecule has 5 aromatic rings. The lowest BCUT2D eigenvalue weighted by Crippen LogP contribution is -2.11. The number of rotatable bonds is 11. The second kappa shape index (κ2) is 12.3. The van der Waals surface area contributed by atoms with E-state index in [-0.39, 0.29) is 18.0 Å². The number of ketones is 2. The first-order valence-electron chi connectivity index (χ1n) is 13.0. The predicted molar refractivity (Wildman–Crippen MR) is 158 cm³/mol. The number of carbonyl (C=O) groups excluding carboxylic acids is 2. The van der Waals surface area contributed by atoms with Gasteiger partial charge in [0.05, 0.1) is 5.69 Å². The Balaban J connectivity index is 1.17. The number of aromatic nitrogens is 4. The van der Waals surface area contributed by atoms with E-state index in [1.807, 2.05) is 85.9 Å². The van der Waals surface area contributed by atoms with Crippen molar-refractivity contribution < 1.29 is 9.59 Å². The molecule has 200 valence electrons. The summed E-state index contributed by atoms with van der Waals surface area (Å²) in [4.78, 5) is 43.2. The molecule has 0 saturated heterocycles. The number of pyridine rings is 1. The molecule has 0 aliphatic carbocycles. The van der Waals surface area contributed by atoms with Crippen LogP contribution in [0.1, 0.15) is 21.5 Å². The van der Waals surface area contributed by atoms with Crippen LogP contribution in [-0.2, 0) is 17.6 Å². The molecule has 0 fully saturated rings. The number of benzene rings is 2. The van der Waals surface area contributed by atoms with Crippen molar-refractivity contribution >= 4 is 34.1 Å². The lowest BCUT2D eigenvalue weighted by atomic mass is 10.0. The number of hydrogen-bond donors (Lipinski definition) is 2. The van der Waals surface area contributed by atoms with Crippen LogP contribution in [0.4, 0.5) is 11.5 Å². The molecule has 3 aromatic heterocycles. The van der Waals surface area contributed by atoms with E-state index in [9.17, 15) is 9.59 Å². The van der Waals surface area contributed by atoms with Gasteiger partial charge in [-0.05, 0) is 55.6 Å². The van der Waals surface area contributed by atoms with Gasteiger partial charge in [-0.15, -0.1) is 0 Å². The number of hydrogen-bond acceptors (Lipinski definition) is 7. The third kappa shape index (κ3) is 6.92. The van der Waals surface area contributed by atoms with Gasteiger partial charge in [-0.2, -0.15) is 0 Å². The number of anilines is 2. The van der Waals surface area contributed by atoms with E-state index in [1.165, 1.54) is 6.33 Å². The van der Waals surface area contributed by atoms with Crippen LogP contribution in [0.5, 0.6) is 0 Å². The fourth-order valence-electron chi connectivity index (χ4n) is 4.27. The van der Waals surface area contributed by atoms with Crippen molar-refractivity contribution in [3.8, 4) is 11.3 Å². The highest BCUT2D eigenvalue weighted by Gasteiger charge is 2.09. The molecule has 0 spiro atoms. The molecule has 0 saturated carbocycles. The van der Waals surface area contributed by atoms with Gasteiger partial charge >= 0.3 is 0 Å². The molecule has 8 heteroatoms. The molecule has 2 aromatic carbocycles. The van der Waals surface area contributed by atoms with E-state index in [2.05, 4.69) is 25.3 Å². The van der Waals surface area contributed by atoms with Crippen molar-refractivity contribution in [1.82, 2.24) is 24.8 Å². The van der Waals surface area contributed by atoms with Gasteiger partial charge in [-0.1, -0.05) is 42.5 Å². The number of aromatic amines is 1. The van der Waals surface area contributed by atoms with Gasteiger partial charge in [-0.3, -0.25) is 9.59 Å². The lowest BCUT2D eigenvalue weighted by Gasteiger charge is -2.08. The third-order valence-electron chi connectivity index (χ3n) is 6.38. The minimum atomic E-state index is 0.0258. The van der Waals surface area contributed by atoms with E-state index in [0.717, 1.165) is 45.6 Å². The van der Waals surface area contributed by atoms with Crippen LogP contribution in [0.15, 0.2) is 97.6 Å². The number of carbonyl (C=O) groups is 2. The zero-order chi connectivity index (χ0) is 27.9. The number of nitrogens with one attached hydrogen (secondary N) is 2. The molecule has 0 radical (unpaired) electrons. The Morgan fingerprint density at radius 1 is 0.900 bits per heavy atom. The Kier molecular flexibility index (Phi) is 8.18. The van der Waals surface area contributed by atoms with Crippen LogP contribution in [0.2, 0.25) is 0 Å². The molecule has 5 rings (SSSR count). The number of allylic oxidation sites excluding steroid dienone is 1. The Hall–Kier alpha value is -4.95. The van der Waals surface area contributed by atoms with Gasteiger partial charge in [0.15, 0.2) is 11.6 Å². The van der Waals surface area contributed by atoms with E-state index in [0.29, 0.717) is 17.8 Å². The van der Waals surface area contributed by atoms with Crippen molar-refractivity contribution in [2.45, 2.75) is 12.8 Å². The summed E-state index contributed by atoms with van der Waals surface area (Å²) in [5, 5.41) is 4.32. The fraction of sp³-hybridized carbons (Fsp3) is 0.156. The van der Waals surface area contributed by atoms with Crippen LogP contribution in [-0.4, -0.2) is 57.0 Å². The average Bonchev–Trinajstić information content (AvgIpc) is 3.43. The van der Waals surface area contributed by atoms with Gasteiger partial charge in [0.25, 0.3) is 0 Å². The smallest absolute Gasteiger partial charge is 0.167 e. The second-order valence-corrected chi connectivity index (χ2v) is 9.85.